The fourth-order valence-corrected chi connectivity index (χ4v) is 2.97. The zero-order valence-corrected chi connectivity index (χ0v) is 16.1. The fourth-order valence-electron chi connectivity index (χ4n) is 2.56. The molecule has 0 saturated heterocycles. The standard InChI is InChI=1S/C17H24BCl2N2O3/c1-13-3-4-16(22(7-5-19)8-6-20)10-14(13)9-15(21-18-12-23)11-17(24)25-2/h3-4,10,12,15,21H,5-9,11H2,1-2H3/t15-/m0/s1. The number of alkyl halides is 2. The fraction of sp³-hybridized carbons (Fsp3) is 0.529. The molecule has 0 aromatic heterocycles. The molecule has 0 spiro atoms. The van der Waals surface area contributed by atoms with Gasteiger partial charge < -0.3 is 19.7 Å². The molecule has 8 heteroatoms. The Hall–Kier alpha value is -1.24. The van der Waals surface area contributed by atoms with Gasteiger partial charge in [0.1, 0.15) is 0 Å². The van der Waals surface area contributed by atoms with E-state index in [0.29, 0.717) is 37.5 Å². The first-order valence-corrected chi connectivity index (χ1v) is 9.18. The number of nitrogens with one attached hydrogen (secondary N) is 1. The van der Waals surface area contributed by atoms with Crippen LogP contribution in [0.4, 0.5) is 5.69 Å². The molecule has 0 aliphatic rings. The molecule has 0 amide bonds. The Morgan fingerprint density at radius 1 is 1.36 bits per heavy atom. The number of nitrogens with zero attached hydrogens (tertiary/aromatic N) is 1. The third-order valence-corrected chi connectivity index (χ3v) is 4.25. The van der Waals surface area contributed by atoms with Crippen molar-refractivity contribution >= 4 is 48.5 Å². The van der Waals surface area contributed by atoms with Crippen molar-refractivity contribution in [2.45, 2.75) is 25.8 Å². The number of methoxy groups -OCH3 is 1. The molecular formula is C17H24BCl2N2O3. The van der Waals surface area contributed by atoms with Gasteiger partial charge in [0.05, 0.1) is 19.7 Å². The first-order chi connectivity index (χ1) is 12.0. The molecule has 0 unspecified atom stereocenters. The largest absolute Gasteiger partial charge is 0.469 e. The second kappa shape index (κ2) is 12.2. The van der Waals surface area contributed by atoms with Crippen LogP contribution in [0.2, 0.25) is 0 Å². The number of anilines is 1. The van der Waals surface area contributed by atoms with E-state index in [1.807, 2.05) is 19.1 Å². The normalized spacial score (nSPS) is 11.7. The smallest absolute Gasteiger partial charge is 0.307 e. The second-order valence-electron chi connectivity index (χ2n) is 5.63. The monoisotopic (exact) mass is 385 g/mol. The Bertz CT molecular complexity index is 555. The Kier molecular flexibility index (Phi) is 10.6. The lowest BCUT2D eigenvalue weighted by molar-refractivity contribution is -0.141. The quantitative estimate of drug-likeness (QED) is 0.258. The van der Waals surface area contributed by atoms with E-state index in [1.165, 1.54) is 14.5 Å². The van der Waals surface area contributed by atoms with Crippen molar-refractivity contribution in [3.8, 4) is 0 Å². The third kappa shape index (κ3) is 7.67. The van der Waals surface area contributed by atoms with Gasteiger partial charge in [-0.2, -0.15) is 0 Å². The number of carbonyl (C=O) groups is 2. The highest BCUT2D eigenvalue weighted by Crippen LogP contribution is 2.21. The number of carbonyl (C=O) groups excluding carboxylic acids is 2. The highest BCUT2D eigenvalue weighted by Gasteiger charge is 2.17. The van der Waals surface area contributed by atoms with Gasteiger partial charge in [0.15, 0.2) is 0 Å². The molecule has 1 aromatic carbocycles. The molecule has 0 heterocycles. The number of benzene rings is 1. The molecule has 0 aliphatic carbocycles. The molecule has 5 nitrogen and oxygen atoms in total. The van der Waals surface area contributed by atoms with Gasteiger partial charge in [-0.25, -0.2) is 0 Å². The van der Waals surface area contributed by atoms with E-state index >= 15 is 0 Å². The summed E-state index contributed by atoms with van der Waals surface area (Å²) in [6.45, 7) is 3.43. The lowest BCUT2D eigenvalue weighted by atomic mass is 9.91. The maximum atomic E-state index is 11.6. The minimum absolute atomic E-state index is 0.178. The summed E-state index contributed by atoms with van der Waals surface area (Å²) < 4.78 is 4.74. The number of halogens is 2. The van der Waals surface area contributed by atoms with Crippen molar-refractivity contribution in [2.75, 3.05) is 36.9 Å². The first-order valence-electron chi connectivity index (χ1n) is 8.12. The average Bonchev–Trinajstić information content (AvgIpc) is 2.61. The molecule has 1 radical (unpaired) electrons. The molecule has 25 heavy (non-hydrogen) atoms. The number of hydrogen-bond acceptors (Lipinski definition) is 5. The van der Waals surface area contributed by atoms with Crippen molar-refractivity contribution in [1.82, 2.24) is 5.23 Å². The SMILES string of the molecule is COC(=O)C[C@H](Cc1cc(N(CCCl)CCCl)ccc1C)N[B]C=O. The maximum Gasteiger partial charge on any atom is 0.307 e. The van der Waals surface area contributed by atoms with Crippen LogP contribution in [0.25, 0.3) is 0 Å². The summed E-state index contributed by atoms with van der Waals surface area (Å²) in [6.07, 6.45) is 1.43. The zero-order chi connectivity index (χ0) is 18.7. The van der Waals surface area contributed by atoms with E-state index in [2.05, 4.69) is 16.2 Å². The number of aryl methyl sites for hydroxylation is 1. The highest BCUT2D eigenvalue weighted by molar-refractivity contribution is 6.64. The maximum absolute atomic E-state index is 11.6. The molecule has 1 atom stereocenters. The minimum atomic E-state index is -0.323. The molecule has 0 aliphatic heterocycles. The lowest BCUT2D eigenvalue weighted by Crippen LogP contribution is -2.37. The number of hydrogen-bond donors (Lipinski definition) is 1. The van der Waals surface area contributed by atoms with Gasteiger partial charge in [0.25, 0.3) is 7.41 Å². The van der Waals surface area contributed by atoms with Crippen LogP contribution >= 0.6 is 23.2 Å². The summed E-state index contributed by atoms with van der Waals surface area (Å²) in [5, 5.41) is 2.96. The lowest BCUT2D eigenvalue weighted by Gasteiger charge is -2.25. The molecule has 1 aromatic rings. The zero-order valence-electron chi connectivity index (χ0n) is 14.6. The number of esters is 1. The summed E-state index contributed by atoms with van der Waals surface area (Å²) in [6, 6.07) is 5.94. The Balaban J connectivity index is 2.97. The van der Waals surface area contributed by atoms with Gasteiger partial charge >= 0.3 is 5.97 Å². The summed E-state index contributed by atoms with van der Waals surface area (Å²) in [5.74, 6) is 0.707. The van der Waals surface area contributed by atoms with Crippen molar-refractivity contribution in [2.24, 2.45) is 0 Å². The molecular weight excluding hydrogens is 362 g/mol. The van der Waals surface area contributed by atoms with Crippen molar-refractivity contribution < 1.29 is 14.3 Å². The molecule has 1 N–H and O–H groups in total. The number of ether oxygens (including phenoxy) is 1. The summed E-state index contributed by atoms with van der Waals surface area (Å²) in [7, 11) is 2.66. The molecule has 0 bridgehead atoms. The van der Waals surface area contributed by atoms with Crippen LogP contribution in [-0.4, -0.2) is 57.6 Å². The minimum Gasteiger partial charge on any atom is -0.469 e. The van der Waals surface area contributed by atoms with Crippen LogP contribution in [0.3, 0.4) is 0 Å². The molecule has 0 fully saturated rings. The Labute approximate surface area is 160 Å². The van der Waals surface area contributed by atoms with Gasteiger partial charge in [-0.05, 0) is 36.6 Å². The average molecular weight is 386 g/mol. The van der Waals surface area contributed by atoms with Gasteiger partial charge in [0.2, 0.25) is 0 Å². The predicted octanol–water partition coefficient (Wildman–Crippen LogP) is 2.15. The Morgan fingerprint density at radius 3 is 2.60 bits per heavy atom. The van der Waals surface area contributed by atoms with E-state index < -0.39 is 0 Å². The van der Waals surface area contributed by atoms with E-state index in [-0.39, 0.29) is 18.4 Å². The van der Waals surface area contributed by atoms with Crippen LogP contribution in [-0.2, 0) is 20.7 Å². The predicted molar refractivity (Wildman–Crippen MR) is 105 cm³/mol. The van der Waals surface area contributed by atoms with Gasteiger partial charge in [0, 0.05) is 36.6 Å². The first kappa shape index (κ1) is 21.8. The van der Waals surface area contributed by atoms with Crippen molar-refractivity contribution in [3.63, 3.8) is 0 Å². The molecule has 1 rings (SSSR count). The second-order valence-corrected chi connectivity index (χ2v) is 6.38. The molecule has 0 saturated carbocycles. The molecule has 137 valence electrons. The van der Waals surface area contributed by atoms with Crippen molar-refractivity contribution in [1.29, 1.82) is 0 Å². The van der Waals surface area contributed by atoms with E-state index in [4.69, 9.17) is 27.9 Å². The summed E-state index contributed by atoms with van der Waals surface area (Å²) in [5.41, 5.74) is 3.24. The Morgan fingerprint density at radius 2 is 2.04 bits per heavy atom. The number of rotatable bonds is 12. The summed E-state index contributed by atoms with van der Waals surface area (Å²) >= 11 is 11.8. The van der Waals surface area contributed by atoms with Gasteiger partial charge in [-0.15, -0.1) is 23.2 Å². The van der Waals surface area contributed by atoms with Crippen LogP contribution in [0, 0.1) is 6.92 Å². The highest BCUT2D eigenvalue weighted by atomic mass is 35.5. The van der Waals surface area contributed by atoms with Crippen LogP contribution in [0.15, 0.2) is 18.2 Å². The van der Waals surface area contributed by atoms with Crippen LogP contribution in [0.5, 0.6) is 0 Å². The third-order valence-electron chi connectivity index (χ3n) is 3.91. The van der Waals surface area contributed by atoms with Crippen molar-refractivity contribution in [3.05, 3.63) is 29.3 Å². The van der Waals surface area contributed by atoms with Gasteiger partial charge in [-0.3, -0.25) is 4.79 Å². The van der Waals surface area contributed by atoms with E-state index in [1.54, 1.807) is 0 Å². The van der Waals surface area contributed by atoms with Crippen LogP contribution in [0.1, 0.15) is 17.5 Å². The summed E-state index contributed by atoms with van der Waals surface area (Å²) in [4.78, 5) is 24.3. The van der Waals surface area contributed by atoms with Gasteiger partial charge in [-0.1, -0.05) is 6.07 Å². The topological polar surface area (TPSA) is 58.6 Å². The van der Waals surface area contributed by atoms with Crippen LogP contribution < -0.4 is 10.1 Å². The van der Waals surface area contributed by atoms with E-state index in [0.717, 1.165) is 16.8 Å². The van der Waals surface area contributed by atoms with E-state index in [9.17, 15) is 9.59 Å².